The number of aliphatic hydroxyl groups is 1. The van der Waals surface area contributed by atoms with E-state index < -0.39 is 39.9 Å². The number of fused-ring (bicyclic) bond motifs is 1. The van der Waals surface area contributed by atoms with Gasteiger partial charge in [0, 0.05) is 44.0 Å². The summed E-state index contributed by atoms with van der Waals surface area (Å²) in [6.07, 6.45) is 1.29. The Labute approximate surface area is 293 Å². The third-order valence-corrected chi connectivity index (χ3v) is 10.5. The fourth-order valence-corrected chi connectivity index (χ4v) is 6.75. The first-order valence-electron chi connectivity index (χ1n) is 16.6. The summed E-state index contributed by atoms with van der Waals surface area (Å²) in [4.78, 5) is 28.8. The Morgan fingerprint density at radius 2 is 1.72 bits per heavy atom. The molecule has 0 bridgehead atoms. The number of ether oxygens (including phenoxy) is 3. The first kappa shape index (κ1) is 38.6. The van der Waals surface area contributed by atoms with E-state index in [1.807, 2.05) is 13.8 Å². The molecule has 3 aromatic rings. The second-order valence-corrected chi connectivity index (χ2v) is 14.6. The monoisotopic (exact) mass is 714 g/mol. The Balaban J connectivity index is 1.61. The minimum absolute atomic E-state index is 0.0262. The molecule has 50 heavy (non-hydrogen) atoms. The van der Waals surface area contributed by atoms with Crippen LogP contribution in [0.3, 0.4) is 0 Å². The molecule has 1 aliphatic rings. The van der Waals surface area contributed by atoms with Gasteiger partial charge >= 0.3 is 6.03 Å². The lowest BCUT2D eigenvalue weighted by Crippen LogP contribution is -2.48. The summed E-state index contributed by atoms with van der Waals surface area (Å²) in [5, 5.41) is 15.6. The Bertz CT molecular complexity index is 1690. The van der Waals surface area contributed by atoms with Gasteiger partial charge in [-0.15, -0.1) is 0 Å². The van der Waals surface area contributed by atoms with Crippen molar-refractivity contribution in [3.63, 3.8) is 0 Å². The van der Waals surface area contributed by atoms with Crippen molar-refractivity contribution in [2.24, 2.45) is 5.92 Å². The number of nitrogens with zero attached hydrogens (tertiary/aromatic N) is 2. The molecule has 4 atom stereocenters. The van der Waals surface area contributed by atoms with Crippen molar-refractivity contribution >= 4 is 33.3 Å². The fourth-order valence-electron chi connectivity index (χ4n) is 5.57. The zero-order chi connectivity index (χ0) is 36.4. The van der Waals surface area contributed by atoms with Gasteiger partial charge in [-0.05, 0) is 99.8 Å². The van der Waals surface area contributed by atoms with Crippen LogP contribution in [0.5, 0.6) is 11.5 Å². The summed E-state index contributed by atoms with van der Waals surface area (Å²) < 4.78 is 59.3. The maximum Gasteiger partial charge on any atom is 0.323 e. The van der Waals surface area contributed by atoms with Gasteiger partial charge in [0.15, 0.2) is 0 Å². The lowest BCUT2D eigenvalue weighted by atomic mass is 10.0. The van der Waals surface area contributed by atoms with Crippen LogP contribution >= 0.6 is 0 Å². The van der Waals surface area contributed by atoms with Gasteiger partial charge < -0.3 is 34.9 Å². The molecule has 0 unspecified atom stereocenters. The van der Waals surface area contributed by atoms with Gasteiger partial charge in [-0.2, -0.15) is 4.31 Å². The normalized spacial score (nSPS) is 19.9. The van der Waals surface area contributed by atoms with Gasteiger partial charge in [0.25, 0.3) is 5.91 Å². The molecule has 1 heterocycles. The van der Waals surface area contributed by atoms with Crippen molar-refractivity contribution in [3.05, 3.63) is 78.1 Å². The standard InChI is InChI=1S/C36H47FN4O8S/c1-24-21-41(25(2)23-42)35(43)32-20-29(39-36(44)38-28-11-9-27(37)10-12-28)13-18-33(32)49-26(3)8-6-7-19-48-34(24)22-40(4)50(45,46)31-16-14-30(47-5)15-17-31/h9-18,20,24-26,34,42H,6-8,19,21-23H2,1-5H3,(H2,38,39,44)/t24-,25-,26-,34-/m0/s1. The third-order valence-electron chi connectivity index (χ3n) is 8.62. The second kappa shape index (κ2) is 17.6. The summed E-state index contributed by atoms with van der Waals surface area (Å²) in [5.41, 5.74) is 0.870. The highest BCUT2D eigenvalue weighted by molar-refractivity contribution is 7.89. The van der Waals surface area contributed by atoms with Crippen molar-refractivity contribution in [2.45, 2.75) is 63.2 Å². The van der Waals surface area contributed by atoms with Crippen LogP contribution in [0.2, 0.25) is 0 Å². The number of methoxy groups -OCH3 is 1. The van der Waals surface area contributed by atoms with E-state index in [1.54, 1.807) is 31.2 Å². The number of halogens is 1. The molecule has 0 aromatic heterocycles. The molecule has 4 rings (SSSR count). The molecule has 0 fully saturated rings. The van der Waals surface area contributed by atoms with E-state index in [4.69, 9.17) is 14.2 Å². The van der Waals surface area contributed by atoms with Crippen LogP contribution in [0.4, 0.5) is 20.6 Å². The topological polar surface area (TPSA) is 147 Å². The number of hydrogen-bond acceptors (Lipinski definition) is 8. The minimum Gasteiger partial charge on any atom is -0.497 e. The Kier molecular flexibility index (Phi) is 13.6. The molecule has 3 N–H and O–H groups in total. The van der Waals surface area contributed by atoms with E-state index in [1.165, 1.54) is 65.8 Å². The highest BCUT2D eigenvalue weighted by atomic mass is 32.2. The van der Waals surface area contributed by atoms with E-state index >= 15 is 0 Å². The molecule has 14 heteroatoms. The lowest BCUT2D eigenvalue weighted by molar-refractivity contribution is -0.00834. The zero-order valence-electron chi connectivity index (χ0n) is 29.1. The molecule has 0 saturated carbocycles. The molecular weight excluding hydrogens is 667 g/mol. The van der Waals surface area contributed by atoms with Gasteiger partial charge in [0.2, 0.25) is 10.0 Å². The summed E-state index contributed by atoms with van der Waals surface area (Å²) in [7, 11) is -0.870. The van der Waals surface area contributed by atoms with E-state index in [9.17, 15) is 27.5 Å². The van der Waals surface area contributed by atoms with Gasteiger partial charge in [-0.25, -0.2) is 17.6 Å². The zero-order valence-corrected chi connectivity index (χ0v) is 29.9. The molecule has 12 nitrogen and oxygen atoms in total. The van der Waals surface area contributed by atoms with Crippen LogP contribution in [0.25, 0.3) is 0 Å². The largest absolute Gasteiger partial charge is 0.497 e. The number of urea groups is 1. The SMILES string of the molecule is COc1ccc(S(=O)(=O)N(C)C[C@@H]2OCCCC[C@H](C)Oc3ccc(NC(=O)Nc4ccc(F)cc4)cc3C(=O)N([C@@H](C)CO)C[C@@H]2C)cc1. The maximum absolute atomic E-state index is 14.4. The smallest absolute Gasteiger partial charge is 0.323 e. The number of nitrogens with one attached hydrogen (secondary N) is 2. The average Bonchev–Trinajstić information content (AvgIpc) is 3.10. The molecule has 0 saturated heterocycles. The van der Waals surface area contributed by atoms with Crippen molar-refractivity contribution in [3.8, 4) is 11.5 Å². The second-order valence-electron chi connectivity index (χ2n) is 12.6. The first-order valence-corrected chi connectivity index (χ1v) is 18.0. The summed E-state index contributed by atoms with van der Waals surface area (Å²) in [5.74, 6) is -0.386. The molecular formula is C36H47FN4O8S. The average molecular weight is 715 g/mol. The van der Waals surface area contributed by atoms with Gasteiger partial charge in [-0.1, -0.05) is 6.92 Å². The predicted octanol–water partition coefficient (Wildman–Crippen LogP) is 5.59. The number of amides is 3. The molecule has 3 amide bonds. The van der Waals surface area contributed by atoms with E-state index in [-0.39, 0.29) is 42.2 Å². The van der Waals surface area contributed by atoms with E-state index in [0.717, 1.165) is 6.42 Å². The number of benzene rings is 3. The van der Waals surface area contributed by atoms with Crippen molar-refractivity contribution in [2.75, 3.05) is 51.1 Å². The van der Waals surface area contributed by atoms with Crippen molar-refractivity contribution < 1.29 is 41.7 Å². The summed E-state index contributed by atoms with van der Waals surface area (Å²) >= 11 is 0. The van der Waals surface area contributed by atoms with Gasteiger partial charge in [0.1, 0.15) is 17.3 Å². The number of likely N-dealkylation sites (N-methyl/N-ethyl adjacent to an activating group) is 1. The number of carbonyl (C=O) groups excluding carboxylic acids is 2. The minimum atomic E-state index is -3.87. The number of sulfonamides is 1. The number of aliphatic hydroxyl groups excluding tert-OH is 1. The fraction of sp³-hybridized carbons (Fsp3) is 0.444. The summed E-state index contributed by atoms with van der Waals surface area (Å²) in [6.45, 7) is 5.70. The summed E-state index contributed by atoms with van der Waals surface area (Å²) in [6, 6.07) is 15.0. The Morgan fingerprint density at radius 1 is 1.06 bits per heavy atom. The van der Waals surface area contributed by atoms with Gasteiger partial charge in [0.05, 0.1) is 42.4 Å². The Morgan fingerprint density at radius 3 is 2.38 bits per heavy atom. The molecule has 3 aromatic carbocycles. The molecule has 0 spiro atoms. The highest BCUT2D eigenvalue weighted by Crippen LogP contribution is 2.29. The number of rotatable bonds is 9. The van der Waals surface area contributed by atoms with Crippen LogP contribution in [0.15, 0.2) is 71.6 Å². The van der Waals surface area contributed by atoms with Crippen molar-refractivity contribution in [1.29, 1.82) is 0 Å². The third kappa shape index (κ3) is 10.2. The van der Waals surface area contributed by atoms with Crippen LogP contribution in [0.1, 0.15) is 50.4 Å². The van der Waals surface area contributed by atoms with E-state index in [0.29, 0.717) is 42.3 Å². The molecule has 0 radical (unpaired) electrons. The van der Waals surface area contributed by atoms with Gasteiger partial charge in [-0.3, -0.25) is 4.79 Å². The van der Waals surface area contributed by atoms with Crippen LogP contribution in [-0.2, 0) is 14.8 Å². The molecule has 0 aliphatic carbocycles. The number of carbonyl (C=O) groups is 2. The molecule has 1 aliphatic heterocycles. The molecule has 272 valence electrons. The Hall–Kier alpha value is -4.24. The van der Waals surface area contributed by atoms with Crippen molar-refractivity contribution in [1.82, 2.24) is 9.21 Å². The van der Waals surface area contributed by atoms with E-state index in [2.05, 4.69) is 10.6 Å². The van der Waals surface area contributed by atoms with Crippen LogP contribution in [-0.4, -0.2) is 93.4 Å². The lowest BCUT2D eigenvalue weighted by Gasteiger charge is -2.35. The highest BCUT2D eigenvalue weighted by Gasteiger charge is 2.32. The van der Waals surface area contributed by atoms with Crippen LogP contribution < -0.4 is 20.1 Å². The maximum atomic E-state index is 14.4. The number of anilines is 2. The quantitative estimate of drug-likeness (QED) is 0.260. The van der Waals surface area contributed by atoms with Crippen LogP contribution in [0, 0.1) is 11.7 Å². The predicted molar refractivity (Wildman–Crippen MR) is 189 cm³/mol. The first-order chi connectivity index (χ1) is 23.8. The number of hydrogen-bond donors (Lipinski definition) is 3.